The van der Waals surface area contributed by atoms with Crippen LogP contribution in [0.5, 0.6) is 0 Å². The number of carboxylic acids is 1. The van der Waals surface area contributed by atoms with Gasteiger partial charge in [-0.25, -0.2) is 9.18 Å². The molecule has 0 radical (unpaired) electrons. The minimum atomic E-state index is -1.23. The van der Waals surface area contributed by atoms with Gasteiger partial charge in [0.1, 0.15) is 11.9 Å². The normalized spacial score (nSPS) is 11.9. The maximum Gasteiger partial charge on any atom is 0.326 e. The zero-order valence-corrected chi connectivity index (χ0v) is 10.5. The van der Waals surface area contributed by atoms with Crippen molar-refractivity contribution in [2.24, 2.45) is 0 Å². The smallest absolute Gasteiger partial charge is 0.326 e. The first-order valence-corrected chi connectivity index (χ1v) is 5.78. The van der Waals surface area contributed by atoms with E-state index in [0.29, 0.717) is 0 Å². The van der Waals surface area contributed by atoms with Crippen molar-refractivity contribution < 1.29 is 19.1 Å². The highest BCUT2D eigenvalue weighted by atomic mass is 35.5. The molecule has 98 valence electrons. The second kappa shape index (κ2) is 6.35. The second-order valence-electron chi connectivity index (χ2n) is 3.72. The third kappa shape index (κ3) is 3.70. The molecule has 1 atom stereocenters. The highest BCUT2D eigenvalue weighted by molar-refractivity contribution is 6.31. The molecule has 0 spiro atoms. The van der Waals surface area contributed by atoms with Crippen LogP contribution < -0.4 is 5.32 Å². The van der Waals surface area contributed by atoms with E-state index in [0.717, 1.165) is 0 Å². The third-order valence-electron chi connectivity index (χ3n) is 2.42. The Morgan fingerprint density at radius 2 is 2.17 bits per heavy atom. The summed E-state index contributed by atoms with van der Waals surface area (Å²) in [6.45, 7) is 1.60. The van der Waals surface area contributed by atoms with E-state index in [1.165, 1.54) is 18.2 Å². The highest BCUT2D eigenvalue weighted by Gasteiger charge is 2.22. The van der Waals surface area contributed by atoms with E-state index >= 15 is 0 Å². The first-order valence-electron chi connectivity index (χ1n) is 5.40. The van der Waals surface area contributed by atoms with Gasteiger partial charge in [-0.1, -0.05) is 24.6 Å². The first kappa shape index (κ1) is 14.4. The molecule has 1 aromatic carbocycles. The van der Waals surface area contributed by atoms with Crippen LogP contribution in [-0.4, -0.2) is 23.0 Å². The quantitative estimate of drug-likeness (QED) is 0.862. The number of hydrogen-bond donors (Lipinski definition) is 2. The Hall–Kier alpha value is -1.62. The van der Waals surface area contributed by atoms with Gasteiger partial charge in [-0.3, -0.25) is 4.79 Å². The van der Waals surface area contributed by atoms with Crippen LogP contribution in [-0.2, 0) is 16.0 Å². The summed E-state index contributed by atoms with van der Waals surface area (Å²) in [4.78, 5) is 22.2. The van der Waals surface area contributed by atoms with Crippen molar-refractivity contribution in [2.45, 2.75) is 25.8 Å². The van der Waals surface area contributed by atoms with Crippen molar-refractivity contribution >= 4 is 23.5 Å². The number of benzene rings is 1. The fourth-order valence-electron chi connectivity index (χ4n) is 1.43. The van der Waals surface area contributed by atoms with Crippen molar-refractivity contribution in [1.29, 1.82) is 0 Å². The van der Waals surface area contributed by atoms with E-state index in [1.807, 2.05) is 0 Å². The van der Waals surface area contributed by atoms with Gasteiger partial charge in [-0.2, -0.15) is 0 Å². The van der Waals surface area contributed by atoms with Crippen molar-refractivity contribution in [3.8, 4) is 0 Å². The molecule has 0 saturated heterocycles. The molecule has 1 aromatic rings. The number of hydrogen-bond acceptors (Lipinski definition) is 2. The average molecular weight is 274 g/mol. The molecule has 0 aliphatic heterocycles. The number of nitrogens with one attached hydrogen (secondary N) is 1. The summed E-state index contributed by atoms with van der Waals surface area (Å²) >= 11 is 5.80. The maximum atomic E-state index is 13.5. The van der Waals surface area contributed by atoms with Gasteiger partial charge >= 0.3 is 5.97 Å². The molecular formula is C12H13ClFNO3. The lowest BCUT2D eigenvalue weighted by Gasteiger charge is -2.15. The summed E-state index contributed by atoms with van der Waals surface area (Å²) in [5.74, 6) is -2.22. The molecule has 0 saturated carbocycles. The van der Waals surface area contributed by atoms with Gasteiger partial charge in [-0.15, -0.1) is 0 Å². The van der Waals surface area contributed by atoms with Gasteiger partial charge in [-0.05, 0) is 12.1 Å². The molecule has 0 heterocycles. The number of halogens is 2. The van der Waals surface area contributed by atoms with E-state index in [1.54, 1.807) is 6.92 Å². The zero-order valence-electron chi connectivity index (χ0n) is 9.74. The maximum absolute atomic E-state index is 13.5. The van der Waals surface area contributed by atoms with Crippen LogP contribution >= 0.6 is 11.6 Å². The number of carbonyl (C=O) groups is 2. The summed E-state index contributed by atoms with van der Waals surface area (Å²) in [6, 6.07) is 2.91. The molecule has 1 unspecified atom stereocenters. The second-order valence-corrected chi connectivity index (χ2v) is 4.12. The van der Waals surface area contributed by atoms with E-state index in [-0.39, 0.29) is 23.4 Å². The average Bonchev–Trinajstić information content (AvgIpc) is 2.31. The van der Waals surface area contributed by atoms with Gasteiger partial charge < -0.3 is 10.4 Å². The van der Waals surface area contributed by atoms with Gasteiger partial charge in [0.25, 0.3) is 0 Å². The molecule has 2 N–H and O–H groups in total. The lowest BCUT2D eigenvalue weighted by atomic mass is 10.1. The Bertz CT molecular complexity index is 444. The number of carbonyl (C=O) groups excluding carboxylic acids is 1. The van der Waals surface area contributed by atoms with Crippen LogP contribution in [0.4, 0.5) is 4.39 Å². The Kier molecular flexibility index (Phi) is 5.09. The minimum absolute atomic E-state index is 0.0861. The molecule has 18 heavy (non-hydrogen) atoms. The van der Waals surface area contributed by atoms with Crippen molar-refractivity contribution in [1.82, 2.24) is 5.32 Å². The highest BCUT2D eigenvalue weighted by Crippen LogP contribution is 2.20. The van der Waals surface area contributed by atoms with Gasteiger partial charge in [0, 0.05) is 23.4 Å². The van der Waals surface area contributed by atoms with E-state index in [4.69, 9.17) is 16.7 Å². The standard InChI is InChI=1S/C12H13ClFNO3/c1-2-11(16)15-10(12(17)18)6-7-8(13)4-3-5-9(7)14/h3-5,10H,2,6H2,1H3,(H,15,16)(H,17,18). The van der Waals surface area contributed by atoms with Crippen molar-refractivity contribution in [2.75, 3.05) is 0 Å². The Morgan fingerprint density at radius 3 is 2.67 bits per heavy atom. The molecule has 0 fully saturated rings. The molecule has 0 aliphatic rings. The first-order chi connectivity index (χ1) is 8.45. The fourth-order valence-corrected chi connectivity index (χ4v) is 1.67. The van der Waals surface area contributed by atoms with Gasteiger partial charge in [0.15, 0.2) is 0 Å². The minimum Gasteiger partial charge on any atom is -0.480 e. The Labute approximate surface area is 109 Å². The van der Waals surface area contributed by atoms with E-state index in [9.17, 15) is 14.0 Å². The zero-order chi connectivity index (χ0) is 13.7. The van der Waals surface area contributed by atoms with Crippen LogP contribution in [0.25, 0.3) is 0 Å². The van der Waals surface area contributed by atoms with Crippen LogP contribution in [0.2, 0.25) is 5.02 Å². The predicted molar refractivity (Wildman–Crippen MR) is 65.0 cm³/mol. The largest absolute Gasteiger partial charge is 0.480 e. The number of aliphatic carboxylic acids is 1. The number of carboxylic acid groups (broad SMARTS) is 1. The lowest BCUT2D eigenvalue weighted by molar-refractivity contribution is -0.141. The molecule has 4 nitrogen and oxygen atoms in total. The summed E-state index contributed by atoms with van der Waals surface area (Å²) in [5.41, 5.74) is 0.0861. The molecule has 0 aromatic heterocycles. The molecule has 0 aliphatic carbocycles. The Morgan fingerprint density at radius 1 is 1.50 bits per heavy atom. The monoisotopic (exact) mass is 273 g/mol. The molecule has 0 bridgehead atoms. The fraction of sp³-hybridized carbons (Fsp3) is 0.333. The van der Waals surface area contributed by atoms with Crippen LogP contribution in [0.1, 0.15) is 18.9 Å². The lowest BCUT2D eigenvalue weighted by Crippen LogP contribution is -2.42. The summed E-state index contributed by atoms with van der Waals surface area (Å²) in [5, 5.41) is 11.4. The number of amides is 1. The van der Waals surface area contributed by atoms with E-state index in [2.05, 4.69) is 5.32 Å². The van der Waals surface area contributed by atoms with E-state index < -0.39 is 23.7 Å². The van der Waals surface area contributed by atoms with Crippen LogP contribution in [0, 0.1) is 5.82 Å². The van der Waals surface area contributed by atoms with Crippen molar-refractivity contribution in [3.63, 3.8) is 0 Å². The molecule has 1 rings (SSSR count). The van der Waals surface area contributed by atoms with Gasteiger partial charge in [0.05, 0.1) is 0 Å². The summed E-state index contributed by atoms with van der Waals surface area (Å²) in [6.07, 6.45) is -0.0264. The van der Waals surface area contributed by atoms with Crippen LogP contribution in [0.3, 0.4) is 0 Å². The predicted octanol–water partition coefficient (Wildman–Crippen LogP) is 2.00. The number of rotatable bonds is 5. The summed E-state index contributed by atoms with van der Waals surface area (Å²) in [7, 11) is 0. The topological polar surface area (TPSA) is 66.4 Å². The third-order valence-corrected chi connectivity index (χ3v) is 2.78. The molecule has 6 heteroatoms. The van der Waals surface area contributed by atoms with Crippen LogP contribution in [0.15, 0.2) is 18.2 Å². The molecule has 1 amide bonds. The van der Waals surface area contributed by atoms with Gasteiger partial charge in [0.2, 0.25) is 5.91 Å². The Balaban J connectivity index is 2.90. The molecular weight excluding hydrogens is 261 g/mol. The summed E-state index contributed by atoms with van der Waals surface area (Å²) < 4.78 is 13.5. The SMILES string of the molecule is CCC(=O)NC(Cc1c(F)cccc1Cl)C(=O)O. The van der Waals surface area contributed by atoms with Crippen molar-refractivity contribution in [3.05, 3.63) is 34.6 Å².